The summed E-state index contributed by atoms with van der Waals surface area (Å²) in [6, 6.07) is 19.8. The summed E-state index contributed by atoms with van der Waals surface area (Å²) < 4.78 is 26.1. The second-order valence-corrected chi connectivity index (χ2v) is 18.3. The van der Waals surface area contributed by atoms with Crippen LogP contribution in [0.3, 0.4) is 0 Å². The molecule has 0 spiro atoms. The molecule has 2 amide bonds. The number of hydrogen-bond donors (Lipinski definition) is 4. The number of aliphatic hydroxyl groups is 3. The number of carbonyl (C=O) groups excluding carboxylic acids is 2. The molecule has 16 nitrogen and oxygen atoms in total. The molecule has 68 heavy (non-hydrogen) atoms. The first-order chi connectivity index (χ1) is 32.8. The number of carbonyl (C=O) groups is 2. The maximum absolute atomic E-state index is 14.9. The topological polar surface area (TPSA) is 212 Å². The van der Waals surface area contributed by atoms with Crippen LogP contribution < -0.4 is 14.8 Å². The summed E-state index contributed by atoms with van der Waals surface area (Å²) in [5, 5.41) is 48.7. The van der Waals surface area contributed by atoms with Gasteiger partial charge in [0.15, 0.2) is 0 Å². The Hall–Kier alpha value is -5.91. The van der Waals surface area contributed by atoms with Crippen molar-refractivity contribution in [2.24, 2.45) is 22.9 Å². The second-order valence-electron chi connectivity index (χ2n) is 18.3. The number of aliphatic hydroxyl groups excluding tert-OH is 3. The molecule has 1 fully saturated rings. The highest BCUT2D eigenvalue weighted by Crippen LogP contribution is 2.62. The van der Waals surface area contributed by atoms with Crippen LogP contribution in [0.1, 0.15) is 88.3 Å². The van der Waals surface area contributed by atoms with Crippen molar-refractivity contribution in [3.8, 4) is 11.5 Å². The lowest BCUT2D eigenvalue weighted by Gasteiger charge is -2.60. The zero-order chi connectivity index (χ0) is 48.7. The summed E-state index contributed by atoms with van der Waals surface area (Å²) >= 11 is 0. The number of nitrogens with one attached hydrogen (secondary N) is 1. The highest BCUT2D eigenvalue weighted by atomic mass is 16.7. The van der Waals surface area contributed by atoms with Gasteiger partial charge < -0.3 is 49.3 Å². The predicted octanol–water partition coefficient (Wildman–Crippen LogP) is 7.87. The number of ether oxygens (including phenoxy) is 4. The monoisotopic (exact) mass is 938 g/mol. The van der Waals surface area contributed by atoms with Crippen LogP contribution in [0.2, 0.25) is 0 Å². The first-order valence-corrected chi connectivity index (χ1v) is 23.5. The summed E-state index contributed by atoms with van der Waals surface area (Å²) in [7, 11) is 0. The summed E-state index contributed by atoms with van der Waals surface area (Å²) in [5.74, 6) is -2.41. The van der Waals surface area contributed by atoms with Gasteiger partial charge in [-0.2, -0.15) is 0 Å². The Bertz CT molecular complexity index is 2260. The summed E-state index contributed by atoms with van der Waals surface area (Å²) in [6.45, 7) is 9.98. The molecule has 2 aliphatic carbocycles. The number of non-ortho nitro benzene ring substituents is 1. The first-order valence-electron chi connectivity index (χ1n) is 23.5. The van der Waals surface area contributed by atoms with Gasteiger partial charge in [-0.1, -0.05) is 60.5 Å². The van der Waals surface area contributed by atoms with Gasteiger partial charge in [-0.05, 0) is 111 Å². The standard InChI is InChI=1S/C52H66N4O12/c1-5-29-65-52-46(55(25-30-64-31-28-59)47(60)24-19-36-17-20-39(21-18-36)56(62)63)34-44(54-68-51(2,3)4)42-32-38(15-9-11-26-57)41(16-10-12-27-58)48(49(42)52)43-33-40(22-23-45(43)67-52)66-50(61)53-35-37-13-7-6-8-14-37/h5-8,13-14,17-24,32-33,38,41,46,48-49,57-59H,1,9-12,15-16,25-31,34-35H2,2-4H3,(H,53,61). The lowest BCUT2D eigenvalue weighted by molar-refractivity contribution is -0.384. The lowest BCUT2D eigenvalue weighted by Crippen LogP contribution is -2.70. The molecule has 1 heterocycles. The van der Waals surface area contributed by atoms with Crippen LogP contribution in [-0.2, 0) is 25.7 Å². The molecule has 1 saturated carbocycles. The van der Waals surface area contributed by atoms with Gasteiger partial charge >= 0.3 is 6.09 Å². The molecule has 0 bridgehead atoms. The van der Waals surface area contributed by atoms with E-state index in [0.29, 0.717) is 48.5 Å². The molecule has 6 atom stereocenters. The number of nitrogens with zero attached hydrogens (tertiary/aromatic N) is 3. The van der Waals surface area contributed by atoms with Crippen molar-refractivity contribution in [2.75, 3.05) is 46.2 Å². The number of nitro benzene ring substituents is 1. The van der Waals surface area contributed by atoms with E-state index in [0.717, 1.165) is 29.5 Å². The number of unbranched alkanes of at least 4 members (excludes halogenated alkanes) is 2. The molecule has 3 aromatic rings. The minimum absolute atomic E-state index is 0.0189. The quantitative estimate of drug-likeness (QED) is 0.0222. The van der Waals surface area contributed by atoms with Gasteiger partial charge in [0, 0.05) is 62.4 Å². The Morgan fingerprint density at radius 2 is 1.72 bits per heavy atom. The predicted molar refractivity (Wildman–Crippen MR) is 257 cm³/mol. The average molecular weight is 939 g/mol. The molecular weight excluding hydrogens is 873 g/mol. The first kappa shape index (κ1) is 51.5. The van der Waals surface area contributed by atoms with E-state index < -0.39 is 46.2 Å². The number of amides is 2. The number of benzene rings is 3. The highest BCUT2D eigenvalue weighted by molar-refractivity contribution is 6.03. The van der Waals surface area contributed by atoms with E-state index in [4.69, 9.17) is 28.9 Å². The lowest BCUT2D eigenvalue weighted by atomic mass is 9.55. The summed E-state index contributed by atoms with van der Waals surface area (Å²) in [5.41, 5.74) is 2.89. The number of nitro groups is 1. The minimum atomic E-state index is -1.59. The van der Waals surface area contributed by atoms with Gasteiger partial charge in [0.1, 0.15) is 23.1 Å². The minimum Gasteiger partial charge on any atom is -0.459 e. The van der Waals surface area contributed by atoms with Gasteiger partial charge in [-0.15, -0.1) is 6.58 Å². The van der Waals surface area contributed by atoms with E-state index >= 15 is 0 Å². The molecule has 366 valence electrons. The van der Waals surface area contributed by atoms with Crippen molar-refractivity contribution >= 4 is 29.5 Å². The fraction of sp³-hybridized carbons (Fsp3) is 0.481. The third-order valence-electron chi connectivity index (χ3n) is 12.5. The van der Waals surface area contributed by atoms with Crippen molar-refractivity contribution < 1.29 is 53.6 Å². The van der Waals surface area contributed by atoms with Crippen LogP contribution in [0, 0.1) is 27.9 Å². The molecular formula is C52H66N4O12. The summed E-state index contributed by atoms with van der Waals surface area (Å²) in [6.07, 6.45) is 10.4. The molecule has 0 saturated heterocycles. The molecule has 3 aromatic carbocycles. The van der Waals surface area contributed by atoms with Crippen LogP contribution in [0.25, 0.3) is 6.08 Å². The molecule has 6 rings (SSSR count). The Balaban J connectivity index is 1.54. The molecule has 0 radical (unpaired) electrons. The van der Waals surface area contributed by atoms with Crippen molar-refractivity contribution in [1.82, 2.24) is 10.2 Å². The number of hydrogen-bond acceptors (Lipinski definition) is 13. The molecule has 0 aromatic heterocycles. The largest absolute Gasteiger partial charge is 0.459 e. The van der Waals surface area contributed by atoms with E-state index in [-0.39, 0.29) is 76.7 Å². The normalized spacial score (nSPS) is 22.4. The molecule has 4 N–H and O–H groups in total. The van der Waals surface area contributed by atoms with Gasteiger partial charge in [-0.3, -0.25) is 14.9 Å². The number of oxime groups is 1. The van der Waals surface area contributed by atoms with E-state index in [2.05, 4.69) is 18.0 Å². The summed E-state index contributed by atoms with van der Waals surface area (Å²) in [4.78, 5) is 47.0. The number of allylic oxidation sites excluding steroid dienone is 1. The second kappa shape index (κ2) is 24.4. The third-order valence-corrected chi connectivity index (χ3v) is 12.5. The van der Waals surface area contributed by atoms with E-state index in [9.17, 15) is 35.0 Å². The Morgan fingerprint density at radius 1 is 0.985 bits per heavy atom. The maximum Gasteiger partial charge on any atom is 0.412 e. The van der Waals surface area contributed by atoms with Crippen LogP contribution in [0.4, 0.5) is 10.5 Å². The van der Waals surface area contributed by atoms with E-state index in [1.54, 1.807) is 41.3 Å². The fourth-order valence-electron chi connectivity index (χ4n) is 9.54. The van der Waals surface area contributed by atoms with Crippen LogP contribution in [0.5, 0.6) is 11.5 Å². The van der Waals surface area contributed by atoms with E-state index in [1.807, 2.05) is 57.2 Å². The van der Waals surface area contributed by atoms with Crippen LogP contribution in [0.15, 0.2) is 108 Å². The van der Waals surface area contributed by atoms with Gasteiger partial charge in [0.25, 0.3) is 5.69 Å². The van der Waals surface area contributed by atoms with Crippen molar-refractivity contribution in [1.29, 1.82) is 0 Å². The number of rotatable bonds is 24. The zero-order valence-corrected chi connectivity index (χ0v) is 39.3. The van der Waals surface area contributed by atoms with E-state index in [1.165, 1.54) is 18.2 Å². The third kappa shape index (κ3) is 13.0. The van der Waals surface area contributed by atoms with Crippen molar-refractivity contribution in [3.63, 3.8) is 0 Å². The molecule has 16 heteroatoms. The Morgan fingerprint density at radius 3 is 2.40 bits per heavy atom. The zero-order valence-electron chi connectivity index (χ0n) is 39.3. The van der Waals surface area contributed by atoms with Crippen molar-refractivity contribution in [3.05, 3.63) is 130 Å². The molecule has 1 aliphatic heterocycles. The molecule has 3 aliphatic rings. The number of fused-ring (bicyclic) bond motifs is 2. The fourth-order valence-corrected chi connectivity index (χ4v) is 9.54. The van der Waals surface area contributed by atoms with Gasteiger partial charge in [0.05, 0.1) is 43.0 Å². The smallest absolute Gasteiger partial charge is 0.412 e. The average Bonchev–Trinajstić information content (AvgIpc) is 3.32. The maximum atomic E-state index is 14.9. The van der Waals surface area contributed by atoms with Gasteiger partial charge in [0.2, 0.25) is 11.7 Å². The molecule has 6 unspecified atom stereocenters. The van der Waals surface area contributed by atoms with Crippen LogP contribution in [-0.4, -0.2) is 106 Å². The Kier molecular flexibility index (Phi) is 18.5. The van der Waals surface area contributed by atoms with Crippen molar-refractivity contribution in [2.45, 2.75) is 95.6 Å². The Labute approximate surface area is 398 Å². The van der Waals surface area contributed by atoms with Crippen LogP contribution >= 0.6 is 0 Å². The SMILES string of the molecule is C=CCOC12Oc3ccc(OC(=O)NCc4ccccc4)cc3C3C(CCCCO)C(CCCCO)C=C(C(=NOC(C)(C)C)CC1N(CCOCCO)C(=O)C=Cc1ccc([N+](=O)[O-])cc1)C32. The highest BCUT2D eigenvalue weighted by Gasteiger charge is 2.65. The van der Waals surface area contributed by atoms with Gasteiger partial charge in [-0.25, -0.2) is 4.79 Å².